The molecule has 0 bridgehead atoms. The Morgan fingerprint density at radius 1 is 1.52 bits per heavy atom. The van der Waals surface area contributed by atoms with Crippen LogP contribution < -0.4 is 10.6 Å². The lowest BCUT2D eigenvalue weighted by atomic mass is 10.1. The number of amides is 2. The number of nitrogens with zero attached hydrogens (tertiary/aromatic N) is 1. The van der Waals surface area contributed by atoms with Gasteiger partial charge in [-0.2, -0.15) is 0 Å². The average Bonchev–Trinajstić information content (AvgIpc) is 2.99. The fourth-order valence-corrected chi connectivity index (χ4v) is 2.84. The van der Waals surface area contributed by atoms with Crippen molar-refractivity contribution in [1.82, 2.24) is 15.6 Å². The average molecular weight is 307 g/mol. The zero-order valence-corrected chi connectivity index (χ0v) is 13.6. The van der Waals surface area contributed by atoms with Crippen LogP contribution >= 0.6 is 11.3 Å². The van der Waals surface area contributed by atoms with Crippen molar-refractivity contribution in [1.29, 1.82) is 0 Å². The van der Waals surface area contributed by atoms with E-state index in [-0.39, 0.29) is 12.1 Å². The van der Waals surface area contributed by atoms with Gasteiger partial charge in [-0.15, -0.1) is 11.3 Å². The van der Waals surface area contributed by atoms with Crippen molar-refractivity contribution in [2.75, 3.05) is 0 Å². The third kappa shape index (κ3) is 4.32. The number of nitrogens with one attached hydrogen (secondary N) is 2. The maximum atomic E-state index is 12.1. The molecule has 2 aromatic heterocycles. The van der Waals surface area contributed by atoms with Crippen molar-refractivity contribution < 1.29 is 9.21 Å². The molecule has 2 amide bonds. The van der Waals surface area contributed by atoms with Crippen LogP contribution in [0.5, 0.6) is 0 Å². The molecule has 0 fully saturated rings. The summed E-state index contributed by atoms with van der Waals surface area (Å²) in [6, 6.07) is 3.53. The van der Waals surface area contributed by atoms with Crippen LogP contribution in [0.15, 0.2) is 29.0 Å². The Labute approximate surface area is 128 Å². The molecule has 5 nitrogen and oxygen atoms in total. The molecule has 0 aliphatic heterocycles. The van der Waals surface area contributed by atoms with Crippen LogP contribution in [0.2, 0.25) is 0 Å². The van der Waals surface area contributed by atoms with Gasteiger partial charge in [0.15, 0.2) is 0 Å². The van der Waals surface area contributed by atoms with Crippen LogP contribution in [0, 0.1) is 6.92 Å². The lowest BCUT2D eigenvalue weighted by molar-refractivity contribution is 0.226. The topological polar surface area (TPSA) is 67.2 Å². The molecule has 2 heterocycles. The summed E-state index contributed by atoms with van der Waals surface area (Å²) < 4.78 is 5.28. The van der Waals surface area contributed by atoms with Crippen LogP contribution in [0.1, 0.15) is 36.4 Å². The lowest BCUT2D eigenvalue weighted by Crippen LogP contribution is -2.49. The number of aryl methyl sites for hydroxylation is 1. The van der Waals surface area contributed by atoms with E-state index < -0.39 is 5.54 Å². The minimum Gasteiger partial charge on any atom is -0.469 e. The molecule has 0 aromatic carbocycles. The molecule has 0 saturated carbocycles. The summed E-state index contributed by atoms with van der Waals surface area (Å²) in [6.45, 7) is 7.84. The summed E-state index contributed by atoms with van der Waals surface area (Å²) in [4.78, 5) is 17.6. The molecule has 2 aromatic rings. The molecule has 6 heteroatoms. The third-order valence-electron chi connectivity index (χ3n) is 3.05. The third-order valence-corrected chi connectivity index (χ3v) is 4.28. The molecular weight excluding hydrogens is 286 g/mol. The molecule has 0 aliphatic rings. The number of carbonyl (C=O) groups is 1. The Balaban J connectivity index is 1.88. The lowest BCUT2D eigenvalue weighted by Gasteiger charge is -2.25. The molecule has 21 heavy (non-hydrogen) atoms. The highest BCUT2D eigenvalue weighted by Crippen LogP contribution is 2.24. The van der Waals surface area contributed by atoms with E-state index in [0.717, 1.165) is 15.6 Å². The fraction of sp³-hybridized carbons (Fsp3) is 0.467. The van der Waals surface area contributed by atoms with Gasteiger partial charge in [-0.3, -0.25) is 0 Å². The normalized spacial score (nSPS) is 13.0. The van der Waals surface area contributed by atoms with E-state index >= 15 is 0 Å². The first-order valence-corrected chi connectivity index (χ1v) is 7.72. The second-order valence-corrected chi connectivity index (χ2v) is 6.92. The van der Waals surface area contributed by atoms with Crippen molar-refractivity contribution >= 4 is 17.4 Å². The van der Waals surface area contributed by atoms with E-state index in [4.69, 9.17) is 4.42 Å². The molecule has 2 N–H and O–H groups in total. The molecule has 0 aliphatic carbocycles. The van der Waals surface area contributed by atoms with Gasteiger partial charge in [-0.25, -0.2) is 9.78 Å². The van der Waals surface area contributed by atoms with Crippen LogP contribution in [-0.4, -0.2) is 17.1 Å². The Morgan fingerprint density at radius 2 is 2.29 bits per heavy atom. The van der Waals surface area contributed by atoms with Gasteiger partial charge in [0, 0.05) is 23.5 Å². The van der Waals surface area contributed by atoms with Gasteiger partial charge in [0.25, 0.3) is 0 Å². The standard InChI is InChI=1S/C15H21N3O2S/c1-10(8-12-6-5-7-20-12)17-14(19)18-15(3,4)13-16-9-11(2)21-13/h5-7,9-10H,8H2,1-4H3,(H2,17,18,19)/t10-/m1/s1. The smallest absolute Gasteiger partial charge is 0.315 e. The first-order valence-electron chi connectivity index (χ1n) is 6.91. The monoisotopic (exact) mass is 307 g/mol. The van der Waals surface area contributed by atoms with Crippen molar-refractivity contribution in [3.8, 4) is 0 Å². The predicted molar refractivity (Wildman–Crippen MR) is 83.4 cm³/mol. The number of hydrogen-bond donors (Lipinski definition) is 2. The van der Waals surface area contributed by atoms with Gasteiger partial charge < -0.3 is 15.1 Å². The van der Waals surface area contributed by atoms with E-state index in [1.54, 1.807) is 17.6 Å². The Hall–Kier alpha value is -1.82. The highest BCUT2D eigenvalue weighted by Gasteiger charge is 2.26. The van der Waals surface area contributed by atoms with Gasteiger partial charge in [0.05, 0.1) is 11.8 Å². The number of aromatic nitrogens is 1. The van der Waals surface area contributed by atoms with Gasteiger partial charge in [-0.1, -0.05) is 0 Å². The van der Waals surface area contributed by atoms with Crippen LogP contribution in [0.25, 0.3) is 0 Å². The second-order valence-electron chi connectivity index (χ2n) is 5.68. The zero-order chi connectivity index (χ0) is 15.5. The molecule has 0 unspecified atom stereocenters. The Bertz CT molecular complexity index is 590. The first kappa shape index (κ1) is 15.6. The maximum absolute atomic E-state index is 12.1. The molecule has 0 saturated heterocycles. The molecular formula is C15H21N3O2S. The number of furan rings is 1. The molecule has 1 atom stereocenters. The summed E-state index contributed by atoms with van der Waals surface area (Å²) in [5, 5.41) is 6.78. The largest absolute Gasteiger partial charge is 0.469 e. The van der Waals surface area contributed by atoms with E-state index in [2.05, 4.69) is 15.6 Å². The molecule has 114 valence electrons. The Kier molecular flexibility index (Phi) is 4.67. The summed E-state index contributed by atoms with van der Waals surface area (Å²) in [6.07, 6.45) is 4.12. The van der Waals surface area contributed by atoms with Crippen LogP contribution in [-0.2, 0) is 12.0 Å². The highest BCUT2D eigenvalue weighted by atomic mass is 32.1. The van der Waals surface area contributed by atoms with Crippen LogP contribution in [0.4, 0.5) is 4.79 Å². The summed E-state index contributed by atoms with van der Waals surface area (Å²) in [5.41, 5.74) is -0.493. The number of hydrogen-bond acceptors (Lipinski definition) is 4. The van der Waals surface area contributed by atoms with Crippen molar-refractivity contribution in [2.45, 2.75) is 45.7 Å². The van der Waals surface area contributed by atoms with Crippen molar-refractivity contribution in [2.24, 2.45) is 0 Å². The minimum atomic E-state index is -0.493. The zero-order valence-electron chi connectivity index (χ0n) is 12.8. The summed E-state index contributed by atoms with van der Waals surface area (Å²) in [7, 11) is 0. The van der Waals surface area contributed by atoms with E-state index in [0.29, 0.717) is 6.42 Å². The van der Waals surface area contributed by atoms with E-state index in [1.165, 1.54) is 0 Å². The minimum absolute atomic E-state index is 0.00928. The quantitative estimate of drug-likeness (QED) is 0.891. The predicted octanol–water partition coefficient (Wildman–Crippen LogP) is 3.21. The number of carbonyl (C=O) groups excluding carboxylic acids is 1. The second kappa shape index (κ2) is 6.30. The fourth-order valence-electron chi connectivity index (χ4n) is 2.02. The summed E-state index contributed by atoms with van der Waals surface area (Å²) in [5.74, 6) is 0.859. The molecule has 2 rings (SSSR count). The van der Waals surface area contributed by atoms with Gasteiger partial charge >= 0.3 is 6.03 Å². The Morgan fingerprint density at radius 3 is 2.86 bits per heavy atom. The number of urea groups is 1. The number of thiazole rings is 1. The number of rotatable bonds is 5. The maximum Gasteiger partial charge on any atom is 0.315 e. The van der Waals surface area contributed by atoms with Gasteiger partial charge in [0.2, 0.25) is 0 Å². The van der Waals surface area contributed by atoms with Gasteiger partial charge in [-0.05, 0) is 39.8 Å². The highest BCUT2D eigenvalue weighted by molar-refractivity contribution is 7.11. The SMILES string of the molecule is Cc1cnc(C(C)(C)NC(=O)N[C@H](C)Cc2ccco2)s1. The van der Waals surface area contributed by atoms with Crippen LogP contribution in [0.3, 0.4) is 0 Å². The first-order chi connectivity index (χ1) is 9.87. The van der Waals surface area contributed by atoms with E-state index in [1.807, 2.05) is 46.0 Å². The van der Waals surface area contributed by atoms with Crippen molar-refractivity contribution in [3.63, 3.8) is 0 Å². The summed E-state index contributed by atoms with van der Waals surface area (Å²) >= 11 is 1.59. The van der Waals surface area contributed by atoms with Gasteiger partial charge in [0.1, 0.15) is 10.8 Å². The molecule has 0 radical (unpaired) electrons. The molecule has 0 spiro atoms. The van der Waals surface area contributed by atoms with E-state index in [9.17, 15) is 4.79 Å². The van der Waals surface area contributed by atoms with Crippen molar-refractivity contribution in [3.05, 3.63) is 40.2 Å².